The van der Waals surface area contributed by atoms with Crippen LogP contribution < -0.4 is 4.74 Å². The highest BCUT2D eigenvalue weighted by molar-refractivity contribution is 5.77. The van der Waals surface area contributed by atoms with Gasteiger partial charge in [0.2, 0.25) is 5.91 Å². The number of carbonyl (C=O) groups excluding carboxylic acids is 1. The largest absolute Gasteiger partial charge is 0.492 e. The quantitative estimate of drug-likeness (QED) is 0.634. The van der Waals surface area contributed by atoms with E-state index < -0.39 is 0 Å². The third kappa shape index (κ3) is 4.51. The van der Waals surface area contributed by atoms with Gasteiger partial charge in [-0.3, -0.25) is 9.69 Å². The molecule has 6 nitrogen and oxygen atoms in total. The molecular weight excluding hydrogens is 352 g/mol. The molecule has 1 aliphatic rings. The number of hydrogen-bond acceptors (Lipinski definition) is 4. The lowest BCUT2D eigenvalue weighted by Crippen LogP contribution is -2.49. The SMILES string of the molecule is O=C(CCn1cnc2ccccc21)N1CCN(CCOc2ccccc2)CC1. The molecule has 0 atom stereocenters. The van der Waals surface area contributed by atoms with E-state index in [1.165, 1.54) is 0 Å². The second-order valence-corrected chi connectivity index (χ2v) is 7.06. The van der Waals surface area contributed by atoms with Crippen LogP contribution in [0.1, 0.15) is 6.42 Å². The van der Waals surface area contributed by atoms with Crippen LogP contribution in [-0.2, 0) is 11.3 Å². The molecular formula is C22H26N4O2. The van der Waals surface area contributed by atoms with Gasteiger partial charge in [-0.05, 0) is 24.3 Å². The molecule has 0 aliphatic carbocycles. The normalized spacial score (nSPS) is 15.1. The number of carbonyl (C=O) groups is 1. The number of aromatic nitrogens is 2. The monoisotopic (exact) mass is 378 g/mol. The number of piperazine rings is 1. The number of fused-ring (bicyclic) bond motifs is 1. The lowest BCUT2D eigenvalue weighted by molar-refractivity contribution is -0.133. The molecule has 1 saturated heterocycles. The smallest absolute Gasteiger partial charge is 0.224 e. The molecule has 1 aromatic heterocycles. The molecule has 146 valence electrons. The summed E-state index contributed by atoms with van der Waals surface area (Å²) in [6, 6.07) is 17.9. The maximum atomic E-state index is 12.6. The van der Waals surface area contributed by atoms with Gasteiger partial charge in [-0.25, -0.2) is 4.98 Å². The van der Waals surface area contributed by atoms with E-state index in [0.717, 1.165) is 49.5 Å². The van der Waals surface area contributed by atoms with Crippen LogP contribution in [0.25, 0.3) is 11.0 Å². The van der Waals surface area contributed by atoms with Crippen molar-refractivity contribution in [1.29, 1.82) is 0 Å². The van der Waals surface area contributed by atoms with Crippen molar-refractivity contribution in [1.82, 2.24) is 19.4 Å². The van der Waals surface area contributed by atoms with E-state index in [-0.39, 0.29) is 5.91 Å². The Hall–Kier alpha value is -2.86. The Morgan fingerprint density at radius 1 is 0.929 bits per heavy atom. The Kier molecular flexibility index (Phi) is 5.87. The Morgan fingerprint density at radius 2 is 1.68 bits per heavy atom. The minimum atomic E-state index is 0.220. The summed E-state index contributed by atoms with van der Waals surface area (Å²) in [5, 5.41) is 0. The van der Waals surface area contributed by atoms with Gasteiger partial charge in [0.15, 0.2) is 0 Å². The van der Waals surface area contributed by atoms with Crippen LogP contribution in [0.4, 0.5) is 0 Å². The van der Waals surface area contributed by atoms with Crippen LogP contribution in [-0.4, -0.2) is 64.6 Å². The van der Waals surface area contributed by atoms with E-state index in [0.29, 0.717) is 19.6 Å². The summed E-state index contributed by atoms with van der Waals surface area (Å²) < 4.78 is 7.83. The van der Waals surface area contributed by atoms with Crippen molar-refractivity contribution >= 4 is 16.9 Å². The molecule has 0 radical (unpaired) electrons. The first kappa shape index (κ1) is 18.5. The molecule has 0 spiro atoms. The summed E-state index contributed by atoms with van der Waals surface area (Å²) >= 11 is 0. The van der Waals surface area contributed by atoms with Gasteiger partial charge in [0.25, 0.3) is 0 Å². The molecule has 0 bridgehead atoms. The standard InChI is InChI=1S/C22H26N4O2/c27-22(10-11-26-18-23-20-8-4-5-9-21(20)26)25-14-12-24(13-15-25)16-17-28-19-6-2-1-3-7-19/h1-9,18H,10-17H2. The van der Waals surface area contributed by atoms with Gasteiger partial charge in [-0.1, -0.05) is 30.3 Å². The van der Waals surface area contributed by atoms with E-state index in [1.807, 2.05) is 65.8 Å². The molecule has 2 heterocycles. The zero-order valence-corrected chi connectivity index (χ0v) is 16.0. The molecule has 1 fully saturated rings. The predicted molar refractivity (Wildman–Crippen MR) is 109 cm³/mol. The summed E-state index contributed by atoms with van der Waals surface area (Å²) in [5.41, 5.74) is 2.06. The maximum absolute atomic E-state index is 12.6. The maximum Gasteiger partial charge on any atom is 0.224 e. The molecule has 28 heavy (non-hydrogen) atoms. The highest BCUT2D eigenvalue weighted by atomic mass is 16.5. The number of benzene rings is 2. The zero-order chi connectivity index (χ0) is 19.2. The van der Waals surface area contributed by atoms with Gasteiger partial charge in [-0.15, -0.1) is 0 Å². The molecule has 0 N–H and O–H groups in total. The van der Waals surface area contributed by atoms with Crippen LogP contribution in [0.15, 0.2) is 60.9 Å². The number of hydrogen-bond donors (Lipinski definition) is 0. The molecule has 3 aromatic rings. The van der Waals surface area contributed by atoms with Gasteiger partial charge in [0.05, 0.1) is 17.4 Å². The Balaban J connectivity index is 1.19. The lowest BCUT2D eigenvalue weighted by Gasteiger charge is -2.34. The third-order valence-electron chi connectivity index (χ3n) is 5.24. The molecule has 0 unspecified atom stereocenters. The average molecular weight is 378 g/mol. The molecule has 1 amide bonds. The van der Waals surface area contributed by atoms with Gasteiger partial charge >= 0.3 is 0 Å². The summed E-state index contributed by atoms with van der Waals surface area (Å²) in [4.78, 5) is 21.3. The van der Waals surface area contributed by atoms with E-state index in [2.05, 4.69) is 14.5 Å². The first-order valence-electron chi connectivity index (χ1n) is 9.87. The minimum Gasteiger partial charge on any atom is -0.492 e. The number of amides is 1. The van der Waals surface area contributed by atoms with E-state index in [4.69, 9.17) is 4.74 Å². The second kappa shape index (κ2) is 8.89. The summed E-state index contributed by atoms with van der Waals surface area (Å²) in [5.74, 6) is 1.13. The van der Waals surface area contributed by atoms with Crippen molar-refractivity contribution < 1.29 is 9.53 Å². The summed E-state index contributed by atoms with van der Waals surface area (Å²) in [7, 11) is 0. The second-order valence-electron chi connectivity index (χ2n) is 7.06. The summed E-state index contributed by atoms with van der Waals surface area (Å²) in [6.07, 6.45) is 2.33. The Bertz CT molecular complexity index is 901. The van der Waals surface area contributed by atoms with Crippen molar-refractivity contribution in [2.45, 2.75) is 13.0 Å². The van der Waals surface area contributed by atoms with Gasteiger partial charge in [0.1, 0.15) is 12.4 Å². The van der Waals surface area contributed by atoms with Crippen molar-refractivity contribution in [2.24, 2.45) is 0 Å². The predicted octanol–water partition coefficient (Wildman–Crippen LogP) is 2.65. The molecule has 0 saturated carbocycles. The molecule has 6 heteroatoms. The first-order valence-corrected chi connectivity index (χ1v) is 9.87. The first-order chi connectivity index (χ1) is 13.8. The Morgan fingerprint density at radius 3 is 2.50 bits per heavy atom. The highest BCUT2D eigenvalue weighted by Gasteiger charge is 2.20. The lowest BCUT2D eigenvalue weighted by atomic mass is 10.2. The zero-order valence-electron chi connectivity index (χ0n) is 16.0. The molecule has 2 aromatic carbocycles. The number of aryl methyl sites for hydroxylation is 1. The van der Waals surface area contributed by atoms with Crippen LogP contribution in [0.5, 0.6) is 5.75 Å². The van der Waals surface area contributed by atoms with E-state index in [9.17, 15) is 4.79 Å². The van der Waals surface area contributed by atoms with Gasteiger partial charge in [-0.2, -0.15) is 0 Å². The third-order valence-corrected chi connectivity index (χ3v) is 5.24. The number of nitrogens with zero attached hydrogens (tertiary/aromatic N) is 4. The van der Waals surface area contributed by atoms with Gasteiger partial charge in [0, 0.05) is 45.7 Å². The molecule has 4 rings (SSSR count). The van der Waals surface area contributed by atoms with Crippen LogP contribution in [0.2, 0.25) is 0 Å². The van der Waals surface area contributed by atoms with Crippen LogP contribution in [0, 0.1) is 0 Å². The minimum absolute atomic E-state index is 0.220. The average Bonchev–Trinajstić information content (AvgIpc) is 3.16. The summed E-state index contributed by atoms with van der Waals surface area (Å²) in [6.45, 7) is 5.60. The number of rotatable bonds is 7. The fourth-order valence-corrected chi connectivity index (χ4v) is 3.59. The number of imidazole rings is 1. The van der Waals surface area contributed by atoms with E-state index >= 15 is 0 Å². The number of ether oxygens (including phenoxy) is 1. The Labute approximate surface area is 165 Å². The molecule has 1 aliphatic heterocycles. The topological polar surface area (TPSA) is 50.6 Å². The van der Waals surface area contributed by atoms with Gasteiger partial charge < -0.3 is 14.2 Å². The van der Waals surface area contributed by atoms with Crippen molar-refractivity contribution in [2.75, 3.05) is 39.3 Å². The van der Waals surface area contributed by atoms with Crippen LogP contribution in [0.3, 0.4) is 0 Å². The number of para-hydroxylation sites is 3. The van der Waals surface area contributed by atoms with Crippen molar-refractivity contribution in [3.05, 3.63) is 60.9 Å². The van der Waals surface area contributed by atoms with Crippen molar-refractivity contribution in [3.8, 4) is 5.75 Å². The fourth-order valence-electron chi connectivity index (χ4n) is 3.59. The van der Waals surface area contributed by atoms with Crippen molar-refractivity contribution in [3.63, 3.8) is 0 Å². The fraction of sp³-hybridized carbons (Fsp3) is 0.364. The highest BCUT2D eigenvalue weighted by Crippen LogP contribution is 2.13. The van der Waals surface area contributed by atoms with E-state index in [1.54, 1.807) is 0 Å². The van der Waals surface area contributed by atoms with Crippen LogP contribution >= 0.6 is 0 Å².